The van der Waals surface area contributed by atoms with E-state index in [1.165, 1.54) is 0 Å². The van der Waals surface area contributed by atoms with Crippen LogP contribution in [0.25, 0.3) is 10.4 Å². The third-order valence-electron chi connectivity index (χ3n) is 0.480. The third kappa shape index (κ3) is 6.58. The van der Waals surface area contributed by atoms with E-state index in [-0.39, 0.29) is 13.2 Å². The molecule has 0 atom stereocenters. The summed E-state index contributed by atoms with van der Waals surface area (Å²) < 4.78 is 4.00. The largest absolute Gasteiger partial charge is 0.505 e. The van der Waals surface area contributed by atoms with Gasteiger partial charge in [0, 0.05) is 4.91 Å². The first-order valence-corrected chi connectivity index (χ1v) is 2.14. The van der Waals surface area contributed by atoms with E-state index in [1.54, 1.807) is 0 Å². The van der Waals surface area contributed by atoms with Crippen molar-refractivity contribution in [3.05, 3.63) is 10.4 Å². The van der Waals surface area contributed by atoms with Crippen molar-refractivity contribution in [1.82, 2.24) is 0 Å². The maximum Gasteiger partial charge on any atom is 0.505 e. The highest BCUT2D eigenvalue weighted by Crippen LogP contribution is 1.76. The molecule has 9 heavy (non-hydrogen) atoms. The summed E-state index contributed by atoms with van der Waals surface area (Å²) in [6, 6.07) is 0. The van der Waals surface area contributed by atoms with Crippen molar-refractivity contribution in [2.75, 3.05) is 13.2 Å². The van der Waals surface area contributed by atoms with Crippen molar-refractivity contribution in [1.29, 1.82) is 0 Å². The van der Waals surface area contributed by atoms with Crippen molar-refractivity contribution in [2.45, 2.75) is 0 Å². The van der Waals surface area contributed by atoms with E-state index in [0.29, 0.717) is 0 Å². The summed E-state index contributed by atoms with van der Waals surface area (Å²) >= 11 is 0. The van der Waals surface area contributed by atoms with Crippen LogP contribution < -0.4 is 0 Å². The molecule has 0 aliphatic carbocycles. The second-order valence-electron chi connectivity index (χ2n) is 1.07. The number of carboxylic acid groups (broad SMARTS) is 1. The topological polar surface area (TPSA) is 95.3 Å². The fourth-order valence-electron chi connectivity index (χ4n) is 0.218. The fourth-order valence-corrected chi connectivity index (χ4v) is 0.218. The number of rotatable bonds is 3. The smallest absolute Gasteiger partial charge is 0.450 e. The molecule has 0 saturated heterocycles. The van der Waals surface area contributed by atoms with E-state index in [9.17, 15) is 4.79 Å². The summed E-state index contributed by atoms with van der Waals surface area (Å²) in [7, 11) is 0. The Morgan fingerprint density at radius 2 is 2.56 bits per heavy atom. The molecule has 0 saturated carbocycles. The lowest BCUT2D eigenvalue weighted by atomic mass is 10.7. The zero-order valence-electron chi connectivity index (χ0n) is 4.52. The molecule has 6 nitrogen and oxygen atoms in total. The van der Waals surface area contributed by atoms with Crippen LogP contribution >= 0.6 is 0 Å². The average molecular weight is 131 g/mol. The van der Waals surface area contributed by atoms with Gasteiger partial charge in [-0.3, -0.25) is 0 Å². The van der Waals surface area contributed by atoms with Crippen LogP contribution in [0.4, 0.5) is 4.79 Å². The maximum absolute atomic E-state index is 9.61. The molecule has 0 bridgehead atoms. The van der Waals surface area contributed by atoms with Crippen LogP contribution in [0, 0.1) is 0 Å². The molecule has 0 aromatic carbocycles. The lowest BCUT2D eigenvalue weighted by Gasteiger charge is -1.92. The summed E-state index contributed by atoms with van der Waals surface area (Å²) in [6.07, 6.45) is -1.36. The minimum Gasteiger partial charge on any atom is -0.450 e. The highest BCUT2D eigenvalue weighted by molar-refractivity contribution is 5.56. The van der Waals surface area contributed by atoms with Crippen molar-refractivity contribution in [2.24, 2.45) is 5.11 Å². The van der Waals surface area contributed by atoms with E-state index < -0.39 is 6.16 Å². The molecule has 6 heteroatoms. The number of carbonyl (C=O) groups is 1. The summed E-state index contributed by atoms with van der Waals surface area (Å²) in [4.78, 5) is 12.0. The average Bonchev–Trinajstić information content (AvgIpc) is 1.80. The number of ether oxygens (including phenoxy) is 1. The zero-order valence-corrected chi connectivity index (χ0v) is 4.52. The second-order valence-corrected chi connectivity index (χ2v) is 1.07. The Hall–Kier alpha value is -1.42. The molecule has 0 unspecified atom stereocenters. The molecule has 0 amide bonds. The molecular formula is C3H5N3O3. The molecule has 0 rings (SSSR count). The Balaban J connectivity index is 3.10. The molecule has 0 aromatic rings. The molecular weight excluding hydrogens is 126 g/mol. The molecule has 1 N–H and O–H groups in total. The van der Waals surface area contributed by atoms with Gasteiger partial charge in [0.2, 0.25) is 0 Å². The lowest BCUT2D eigenvalue weighted by molar-refractivity contribution is 0.0944. The van der Waals surface area contributed by atoms with Gasteiger partial charge in [0.1, 0.15) is 6.61 Å². The lowest BCUT2D eigenvalue weighted by Crippen LogP contribution is -2.03. The van der Waals surface area contributed by atoms with E-state index >= 15 is 0 Å². The molecule has 0 aliphatic rings. The fraction of sp³-hybridized carbons (Fsp3) is 0.667. The first-order valence-electron chi connectivity index (χ1n) is 2.14. The monoisotopic (exact) mass is 131 g/mol. The van der Waals surface area contributed by atoms with Crippen molar-refractivity contribution in [3.63, 3.8) is 0 Å². The van der Waals surface area contributed by atoms with Crippen molar-refractivity contribution >= 4 is 6.16 Å². The quantitative estimate of drug-likeness (QED) is 0.203. The van der Waals surface area contributed by atoms with Crippen molar-refractivity contribution in [3.8, 4) is 0 Å². The van der Waals surface area contributed by atoms with E-state index in [2.05, 4.69) is 14.8 Å². The van der Waals surface area contributed by atoms with Crippen LogP contribution in [0.15, 0.2) is 5.11 Å². The van der Waals surface area contributed by atoms with Gasteiger partial charge >= 0.3 is 6.16 Å². The van der Waals surface area contributed by atoms with Crippen LogP contribution in [0.2, 0.25) is 0 Å². The predicted octanol–water partition coefficient (Wildman–Crippen LogP) is 0.991. The van der Waals surface area contributed by atoms with Gasteiger partial charge in [-0.25, -0.2) is 4.79 Å². The summed E-state index contributed by atoms with van der Waals surface area (Å²) in [5.41, 5.74) is 7.69. The summed E-state index contributed by atoms with van der Waals surface area (Å²) in [5.74, 6) is 0. The molecule has 0 aromatic heterocycles. The number of hydrogen-bond acceptors (Lipinski definition) is 3. The maximum atomic E-state index is 9.61. The normalized spacial score (nSPS) is 7.56. The Morgan fingerprint density at radius 1 is 1.89 bits per heavy atom. The molecule has 0 spiro atoms. The SMILES string of the molecule is [N-]=[N+]=NCCOC(=O)O. The third-order valence-corrected chi connectivity index (χ3v) is 0.480. The predicted molar refractivity (Wildman–Crippen MR) is 28.0 cm³/mol. The molecule has 50 valence electrons. The van der Waals surface area contributed by atoms with Crippen LogP contribution in [0.1, 0.15) is 0 Å². The van der Waals surface area contributed by atoms with Crippen molar-refractivity contribution < 1.29 is 14.6 Å². The van der Waals surface area contributed by atoms with Gasteiger partial charge in [0.05, 0.1) is 6.54 Å². The zero-order chi connectivity index (χ0) is 7.11. The molecule has 0 fully saturated rings. The number of hydrogen-bond donors (Lipinski definition) is 1. The van der Waals surface area contributed by atoms with Gasteiger partial charge in [-0.2, -0.15) is 0 Å². The summed E-state index contributed by atoms with van der Waals surface area (Å²) in [6.45, 7) is -0.0395. The van der Waals surface area contributed by atoms with Gasteiger partial charge in [-0.05, 0) is 5.53 Å². The van der Waals surface area contributed by atoms with E-state index in [1.807, 2.05) is 0 Å². The van der Waals surface area contributed by atoms with E-state index in [4.69, 9.17) is 10.6 Å². The standard InChI is InChI=1S/C3H5N3O3/c4-6-5-1-2-9-3(7)8/h1-2H2,(H,7,8). The Labute approximate surface area is 50.7 Å². The molecule has 0 radical (unpaired) electrons. The Bertz CT molecular complexity index is 137. The van der Waals surface area contributed by atoms with Crippen LogP contribution in [-0.2, 0) is 4.74 Å². The Kier molecular flexibility index (Phi) is 3.99. The first-order chi connectivity index (χ1) is 4.27. The first kappa shape index (κ1) is 7.58. The van der Waals surface area contributed by atoms with Crippen LogP contribution in [-0.4, -0.2) is 24.4 Å². The minimum absolute atomic E-state index is 0.0444. The minimum atomic E-state index is -1.36. The summed E-state index contributed by atoms with van der Waals surface area (Å²) in [5, 5.41) is 10.9. The van der Waals surface area contributed by atoms with E-state index in [0.717, 1.165) is 0 Å². The van der Waals surface area contributed by atoms with Crippen LogP contribution in [0.3, 0.4) is 0 Å². The van der Waals surface area contributed by atoms with Gasteiger partial charge in [-0.1, -0.05) is 5.11 Å². The van der Waals surface area contributed by atoms with Gasteiger partial charge in [0.25, 0.3) is 0 Å². The number of nitrogens with zero attached hydrogens (tertiary/aromatic N) is 3. The van der Waals surface area contributed by atoms with Gasteiger partial charge in [-0.15, -0.1) is 0 Å². The number of azide groups is 1. The second kappa shape index (κ2) is 4.73. The van der Waals surface area contributed by atoms with Crippen LogP contribution in [0.5, 0.6) is 0 Å². The molecule has 0 aliphatic heterocycles. The Morgan fingerprint density at radius 3 is 3.00 bits per heavy atom. The highest BCUT2D eigenvalue weighted by Gasteiger charge is 1.91. The van der Waals surface area contributed by atoms with Gasteiger partial charge in [0.15, 0.2) is 0 Å². The highest BCUT2D eigenvalue weighted by atomic mass is 16.7. The molecule has 0 heterocycles. The van der Waals surface area contributed by atoms with Gasteiger partial charge < -0.3 is 9.84 Å².